The predicted octanol–water partition coefficient (Wildman–Crippen LogP) is 0.912. The van der Waals surface area contributed by atoms with Crippen molar-refractivity contribution in [2.75, 3.05) is 25.0 Å². The van der Waals surface area contributed by atoms with Gasteiger partial charge >= 0.3 is 0 Å². The summed E-state index contributed by atoms with van der Waals surface area (Å²) in [7, 11) is -1.78. The van der Waals surface area contributed by atoms with Gasteiger partial charge in [-0.2, -0.15) is 0 Å². The normalized spacial score (nSPS) is 20.2. The van der Waals surface area contributed by atoms with E-state index >= 15 is 0 Å². The average Bonchev–Trinajstić information content (AvgIpc) is 2.39. The Morgan fingerprint density at radius 2 is 2.11 bits per heavy atom. The van der Waals surface area contributed by atoms with Crippen LogP contribution in [0.1, 0.15) is 19.3 Å². The number of piperidine rings is 1. The van der Waals surface area contributed by atoms with Crippen molar-refractivity contribution in [3.63, 3.8) is 0 Å². The molecule has 0 amide bonds. The van der Waals surface area contributed by atoms with E-state index in [2.05, 4.69) is 5.32 Å². The van der Waals surface area contributed by atoms with E-state index in [1.165, 1.54) is 12.8 Å². The molecule has 1 aliphatic heterocycles. The molecule has 1 heterocycles. The fraction of sp³-hybridized carbons (Fsp3) is 0.538. The number of anilines is 1. The van der Waals surface area contributed by atoms with E-state index in [0.717, 1.165) is 19.5 Å². The van der Waals surface area contributed by atoms with Gasteiger partial charge in [-0.15, -0.1) is 0 Å². The largest absolute Gasteiger partial charge is 0.372 e. The highest BCUT2D eigenvalue weighted by Gasteiger charge is 2.19. The molecule has 1 unspecified atom stereocenters. The molecular weight excluding hydrogens is 262 g/mol. The Morgan fingerprint density at radius 1 is 1.37 bits per heavy atom. The van der Waals surface area contributed by atoms with E-state index in [1.807, 2.05) is 18.0 Å². The van der Waals surface area contributed by atoms with Gasteiger partial charge in [0.25, 0.3) is 0 Å². The second kappa shape index (κ2) is 5.90. The minimum absolute atomic E-state index is 0.188. The number of nitrogens with one attached hydrogen (secondary N) is 1. The maximum Gasteiger partial charge on any atom is 0.240 e. The molecule has 1 saturated heterocycles. The van der Waals surface area contributed by atoms with Gasteiger partial charge in [-0.25, -0.2) is 13.6 Å². The molecule has 0 saturated carbocycles. The molecule has 1 fully saturated rings. The van der Waals surface area contributed by atoms with Crippen molar-refractivity contribution in [3.05, 3.63) is 24.3 Å². The van der Waals surface area contributed by atoms with Crippen LogP contribution in [-0.4, -0.2) is 34.6 Å². The van der Waals surface area contributed by atoms with Crippen LogP contribution in [0.15, 0.2) is 29.2 Å². The summed E-state index contributed by atoms with van der Waals surface area (Å²) in [5.41, 5.74) is 0.664. The zero-order chi connectivity index (χ0) is 13.9. The van der Waals surface area contributed by atoms with Crippen LogP contribution in [0.2, 0.25) is 0 Å². The number of likely N-dealkylation sites (N-methyl/N-ethyl adjacent to an activating group) is 1. The third kappa shape index (κ3) is 3.68. The van der Waals surface area contributed by atoms with Crippen molar-refractivity contribution < 1.29 is 8.42 Å². The second-order valence-corrected chi connectivity index (χ2v) is 6.57. The van der Waals surface area contributed by atoms with Crippen molar-refractivity contribution in [3.8, 4) is 0 Å². The van der Waals surface area contributed by atoms with Crippen LogP contribution < -0.4 is 15.4 Å². The molecule has 5 nitrogen and oxygen atoms in total. The molecule has 106 valence electrons. The Bertz CT molecular complexity index is 524. The van der Waals surface area contributed by atoms with Crippen LogP contribution in [0, 0.1) is 0 Å². The topological polar surface area (TPSA) is 75.4 Å². The maximum atomic E-state index is 11.6. The summed E-state index contributed by atoms with van der Waals surface area (Å²) in [4.78, 5) is 2.15. The number of benzene rings is 1. The minimum Gasteiger partial charge on any atom is -0.372 e. The number of rotatable bonds is 4. The highest BCUT2D eigenvalue weighted by molar-refractivity contribution is 7.89. The van der Waals surface area contributed by atoms with Gasteiger partial charge in [-0.1, -0.05) is 18.6 Å². The van der Waals surface area contributed by atoms with E-state index in [9.17, 15) is 8.42 Å². The first kappa shape index (κ1) is 14.3. The van der Waals surface area contributed by atoms with Gasteiger partial charge in [-0.3, -0.25) is 0 Å². The lowest BCUT2D eigenvalue weighted by molar-refractivity contribution is 0.403. The highest BCUT2D eigenvalue weighted by Crippen LogP contribution is 2.23. The van der Waals surface area contributed by atoms with Crippen LogP contribution in [0.5, 0.6) is 0 Å². The quantitative estimate of drug-likeness (QED) is 0.861. The zero-order valence-corrected chi connectivity index (χ0v) is 12.0. The number of para-hydroxylation sites is 1. The molecule has 19 heavy (non-hydrogen) atoms. The number of sulfonamides is 1. The van der Waals surface area contributed by atoms with Gasteiger partial charge < -0.3 is 10.2 Å². The van der Waals surface area contributed by atoms with Gasteiger partial charge in [-0.05, 0) is 31.5 Å². The Kier molecular flexibility index (Phi) is 4.44. The van der Waals surface area contributed by atoms with Crippen molar-refractivity contribution in [2.24, 2.45) is 5.14 Å². The van der Waals surface area contributed by atoms with Crippen LogP contribution >= 0.6 is 0 Å². The molecule has 0 aliphatic carbocycles. The summed E-state index contributed by atoms with van der Waals surface area (Å²) in [6.45, 7) is 1.82. The molecule has 1 aromatic carbocycles. The maximum absolute atomic E-state index is 11.6. The van der Waals surface area contributed by atoms with E-state index in [4.69, 9.17) is 5.14 Å². The summed E-state index contributed by atoms with van der Waals surface area (Å²) in [6, 6.07) is 7.27. The first-order valence-electron chi connectivity index (χ1n) is 6.55. The van der Waals surface area contributed by atoms with Crippen LogP contribution in [0.3, 0.4) is 0 Å². The van der Waals surface area contributed by atoms with Crippen molar-refractivity contribution in [1.29, 1.82) is 0 Å². The first-order valence-corrected chi connectivity index (χ1v) is 8.09. The van der Waals surface area contributed by atoms with E-state index in [1.54, 1.807) is 18.2 Å². The first-order chi connectivity index (χ1) is 8.98. The predicted molar refractivity (Wildman–Crippen MR) is 76.7 cm³/mol. The summed E-state index contributed by atoms with van der Waals surface area (Å²) in [5.74, 6) is 0. The Labute approximate surface area is 114 Å². The van der Waals surface area contributed by atoms with E-state index < -0.39 is 10.0 Å². The van der Waals surface area contributed by atoms with E-state index in [0.29, 0.717) is 11.7 Å². The molecule has 2 rings (SSSR count). The summed E-state index contributed by atoms with van der Waals surface area (Å²) < 4.78 is 23.2. The van der Waals surface area contributed by atoms with Gasteiger partial charge in [0, 0.05) is 19.6 Å². The molecule has 6 heteroatoms. The van der Waals surface area contributed by atoms with Crippen molar-refractivity contribution >= 4 is 15.7 Å². The SMILES string of the molecule is CN(CC1CCCCN1)c1ccccc1S(N)(=O)=O. The third-order valence-electron chi connectivity index (χ3n) is 3.49. The smallest absolute Gasteiger partial charge is 0.240 e. The lowest BCUT2D eigenvalue weighted by atomic mass is 10.0. The minimum atomic E-state index is -3.68. The van der Waals surface area contributed by atoms with Crippen LogP contribution in [0.25, 0.3) is 0 Å². The zero-order valence-electron chi connectivity index (χ0n) is 11.2. The fourth-order valence-corrected chi connectivity index (χ4v) is 3.31. The third-order valence-corrected chi connectivity index (χ3v) is 4.45. The van der Waals surface area contributed by atoms with Gasteiger partial charge in [0.05, 0.1) is 5.69 Å². The Morgan fingerprint density at radius 3 is 2.74 bits per heavy atom. The summed E-state index contributed by atoms with van der Waals surface area (Å²) in [6.07, 6.45) is 3.57. The van der Waals surface area contributed by atoms with E-state index in [-0.39, 0.29) is 4.90 Å². The van der Waals surface area contributed by atoms with Gasteiger partial charge in [0.2, 0.25) is 10.0 Å². The molecule has 3 N–H and O–H groups in total. The lowest BCUT2D eigenvalue weighted by Crippen LogP contribution is -2.42. The Hall–Kier alpha value is -1.11. The molecule has 1 aliphatic rings. The number of nitrogens with two attached hydrogens (primary N) is 1. The number of hydrogen-bond acceptors (Lipinski definition) is 4. The van der Waals surface area contributed by atoms with Crippen LogP contribution in [-0.2, 0) is 10.0 Å². The number of hydrogen-bond donors (Lipinski definition) is 2. The van der Waals surface area contributed by atoms with Crippen LogP contribution in [0.4, 0.5) is 5.69 Å². The molecule has 0 aromatic heterocycles. The second-order valence-electron chi connectivity index (χ2n) is 5.04. The molecule has 1 aromatic rings. The molecular formula is C13H21N3O2S. The molecule has 0 bridgehead atoms. The molecule has 0 radical (unpaired) electrons. The van der Waals surface area contributed by atoms with Gasteiger partial charge in [0.15, 0.2) is 0 Å². The van der Waals surface area contributed by atoms with Crippen molar-refractivity contribution in [2.45, 2.75) is 30.2 Å². The highest BCUT2D eigenvalue weighted by atomic mass is 32.2. The summed E-state index contributed by atoms with van der Waals surface area (Å²) in [5, 5.41) is 8.71. The fourth-order valence-electron chi connectivity index (χ4n) is 2.52. The average molecular weight is 283 g/mol. The molecule has 0 spiro atoms. The standard InChI is InChI=1S/C13H21N3O2S/c1-16(10-11-6-4-5-9-15-11)12-7-2-3-8-13(12)19(14,17)18/h2-3,7-8,11,15H,4-6,9-10H2,1H3,(H2,14,17,18). The number of primary sulfonamides is 1. The Balaban J connectivity index is 2.16. The molecule has 1 atom stereocenters. The lowest BCUT2D eigenvalue weighted by Gasteiger charge is -2.30. The van der Waals surface area contributed by atoms with Gasteiger partial charge in [0.1, 0.15) is 4.90 Å². The van der Waals surface area contributed by atoms with Crippen molar-refractivity contribution in [1.82, 2.24) is 5.32 Å². The summed E-state index contributed by atoms with van der Waals surface area (Å²) >= 11 is 0. The number of nitrogens with zero attached hydrogens (tertiary/aromatic N) is 1. The monoisotopic (exact) mass is 283 g/mol.